The van der Waals surface area contributed by atoms with Crippen LogP contribution in [0.5, 0.6) is 11.5 Å². The number of aryl methyl sites for hydroxylation is 2. The minimum absolute atomic E-state index is 0.0533. The van der Waals surface area contributed by atoms with Crippen LogP contribution in [0.15, 0.2) is 42.5 Å². The molecule has 0 spiro atoms. The fourth-order valence-electron chi connectivity index (χ4n) is 2.69. The van der Waals surface area contributed by atoms with Gasteiger partial charge < -0.3 is 14.8 Å². The highest BCUT2D eigenvalue weighted by Crippen LogP contribution is 2.28. The van der Waals surface area contributed by atoms with Crippen LogP contribution in [0.25, 0.3) is 6.08 Å². The summed E-state index contributed by atoms with van der Waals surface area (Å²) in [6, 6.07) is 11.7. The minimum atomic E-state index is -0.136. The van der Waals surface area contributed by atoms with Crippen LogP contribution in [0.3, 0.4) is 0 Å². The van der Waals surface area contributed by atoms with E-state index in [1.807, 2.05) is 25.1 Å². The predicted molar refractivity (Wildman–Crippen MR) is 101 cm³/mol. The lowest BCUT2D eigenvalue weighted by Gasteiger charge is -2.16. The van der Waals surface area contributed by atoms with Gasteiger partial charge >= 0.3 is 0 Å². The third-order valence-corrected chi connectivity index (χ3v) is 4.09. The van der Waals surface area contributed by atoms with Crippen molar-refractivity contribution in [3.8, 4) is 11.5 Å². The van der Waals surface area contributed by atoms with E-state index in [4.69, 9.17) is 9.47 Å². The summed E-state index contributed by atoms with van der Waals surface area (Å²) >= 11 is 0. The first-order valence-electron chi connectivity index (χ1n) is 8.22. The van der Waals surface area contributed by atoms with Gasteiger partial charge in [0.05, 0.1) is 20.3 Å². The molecule has 1 amide bonds. The molecule has 4 heteroatoms. The summed E-state index contributed by atoms with van der Waals surface area (Å²) in [6.45, 7) is 6.09. The van der Waals surface area contributed by atoms with Gasteiger partial charge in [-0.15, -0.1) is 0 Å². The van der Waals surface area contributed by atoms with Crippen LogP contribution in [-0.2, 0) is 4.79 Å². The molecule has 0 saturated heterocycles. The highest BCUT2D eigenvalue weighted by molar-refractivity contribution is 5.92. The van der Waals surface area contributed by atoms with Crippen LogP contribution in [0.2, 0.25) is 0 Å². The number of ether oxygens (including phenoxy) is 2. The average Bonchev–Trinajstić information content (AvgIpc) is 2.61. The predicted octanol–water partition coefficient (Wildman–Crippen LogP) is 4.21. The van der Waals surface area contributed by atoms with E-state index in [0.717, 1.165) is 11.1 Å². The first kappa shape index (κ1) is 18.6. The Labute approximate surface area is 149 Å². The summed E-state index contributed by atoms with van der Waals surface area (Å²) < 4.78 is 10.5. The molecule has 25 heavy (non-hydrogen) atoms. The quantitative estimate of drug-likeness (QED) is 0.802. The summed E-state index contributed by atoms with van der Waals surface area (Å²) in [5.41, 5.74) is 4.35. The number of amides is 1. The summed E-state index contributed by atoms with van der Waals surface area (Å²) in [6.07, 6.45) is 3.29. The fraction of sp³-hybridized carbons (Fsp3) is 0.286. The molecule has 1 atom stereocenters. The van der Waals surface area contributed by atoms with E-state index >= 15 is 0 Å². The SMILES string of the molecule is COc1ccc(/C=C/C(=O)N[C@@H](C)c2cc(C)ccc2C)cc1OC. The van der Waals surface area contributed by atoms with Crippen LogP contribution in [0.4, 0.5) is 0 Å². The molecule has 2 rings (SSSR count). The summed E-state index contributed by atoms with van der Waals surface area (Å²) in [7, 11) is 3.18. The molecule has 2 aromatic carbocycles. The Morgan fingerprint density at radius 3 is 2.44 bits per heavy atom. The third kappa shape index (κ3) is 4.86. The Balaban J connectivity index is 2.06. The molecule has 0 heterocycles. The number of benzene rings is 2. The molecule has 2 aromatic rings. The van der Waals surface area contributed by atoms with Crippen LogP contribution in [0.1, 0.15) is 35.2 Å². The Hall–Kier alpha value is -2.75. The van der Waals surface area contributed by atoms with Crippen molar-refractivity contribution in [2.75, 3.05) is 14.2 Å². The van der Waals surface area contributed by atoms with Crippen LogP contribution in [-0.4, -0.2) is 20.1 Å². The van der Waals surface area contributed by atoms with Gasteiger partial charge in [-0.05, 0) is 55.7 Å². The van der Waals surface area contributed by atoms with Gasteiger partial charge in [0.1, 0.15) is 0 Å². The number of carbonyl (C=O) groups is 1. The summed E-state index contributed by atoms with van der Waals surface area (Å²) in [5.74, 6) is 1.16. The van der Waals surface area contributed by atoms with Gasteiger partial charge in [-0.1, -0.05) is 29.8 Å². The van der Waals surface area contributed by atoms with E-state index in [0.29, 0.717) is 11.5 Å². The molecule has 0 aliphatic carbocycles. The molecule has 0 saturated carbocycles. The van der Waals surface area contributed by atoms with Gasteiger partial charge in [-0.2, -0.15) is 0 Å². The first-order valence-corrected chi connectivity index (χ1v) is 8.22. The van der Waals surface area contributed by atoms with Crippen LogP contribution in [0, 0.1) is 13.8 Å². The molecule has 1 N–H and O–H groups in total. The van der Waals surface area contributed by atoms with Crippen molar-refractivity contribution in [1.82, 2.24) is 5.32 Å². The largest absolute Gasteiger partial charge is 0.493 e. The highest BCUT2D eigenvalue weighted by atomic mass is 16.5. The maximum atomic E-state index is 12.2. The second kappa shape index (κ2) is 8.38. The van der Waals surface area contributed by atoms with Crippen molar-refractivity contribution in [2.45, 2.75) is 26.8 Å². The van der Waals surface area contributed by atoms with Crippen molar-refractivity contribution >= 4 is 12.0 Å². The third-order valence-electron chi connectivity index (χ3n) is 4.09. The van der Waals surface area contributed by atoms with E-state index < -0.39 is 0 Å². The second-order valence-electron chi connectivity index (χ2n) is 6.04. The van der Waals surface area contributed by atoms with Crippen molar-refractivity contribution in [3.05, 3.63) is 64.7 Å². The zero-order chi connectivity index (χ0) is 18.4. The van der Waals surface area contributed by atoms with E-state index in [1.54, 1.807) is 20.3 Å². The van der Waals surface area contributed by atoms with E-state index in [9.17, 15) is 4.79 Å². The average molecular weight is 339 g/mol. The lowest BCUT2D eigenvalue weighted by Crippen LogP contribution is -2.25. The first-order chi connectivity index (χ1) is 11.9. The molecule has 0 radical (unpaired) electrons. The van der Waals surface area contributed by atoms with E-state index in [1.165, 1.54) is 17.2 Å². The molecule has 0 bridgehead atoms. The number of carbonyl (C=O) groups excluding carboxylic acids is 1. The number of rotatable bonds is 6. The van der Waals surface area contributed by atoms with Gasteiger partial charge in [-0.25, -0.2) is 0 Å². The van der Waals surface area contributed by atoms with Gasteiger partial charge in [-0.3, -0.25) is 4.79 Å². The lowest BCUT2D eigenvalue weighted by molar-refractivity contribution is -0.117. The lowest BCUT2D eigenvalue weighted by atomic mass is 10.00. The maximum Gasteiger partial charge on any atom is 0.244 e. The van der Waals surface area contributed by atoms with Crippen LogP contribution < -0.4 is 14.8 Å². The van der Waals surface area contributed by atoms with Crippen molar-refractivity contribution in [3.63, 3.8) is 0 Å². The fourth-order valence-corrected chi connectivity index (χ4v) is 2.69. The zero-order valence-corrected chi connectivity index (χ0v) is 15.4. The Morgan fingerprint density at radius 1 is 1.04 bits per heavy atom. The molecule has 0 aromatic heterocycles. The monoisotopic (exact) mass is 339 g/mol. The molecule has 132 valence electrons. The summed E-state index contributed by atoms with van der Waals surface area (Å²) in [4.78, 5) is 12.2. The van der Waals surface area contributed by atoms with Crippen LogP contribution >= 0.6 is 0 Å². The molecular formula is C21H25NO3. The smallest absolute Gasteiger partial charge is 0.244 e. The van der Waals surface area contributed by atoms with E-state index in [2.05, 4.69) is 37.4 Å². The second-order valence-corrected chi connectivity index (χ2v) is 6.04. The number of hydrogen-bond donors (Lipinski definition) is 1. The number of methoxy groups -OCH3 is 2. The van der Waals surface area contributed by atoms with Gasteiger partial charge in [0.25, 0.3) is 0 Å². The Kier molecular flexibility index (Phi) is 6.23. The minimum Gasteiger partial charge on any atom is -0.493 e. The van der Waals surface area contributed by atoms with Crippen molar-refractivity contribution < 1.29 is 14.3 Å². The highest BCUT2D eigenvalue weighted by Gasteiger charge is 2.10. The maximum absolute atomic E-state index is 12.2. The summed E-state index contributed by atoms with van der Waals surface area (Å²) in [5, 5.41) is 3.00. The Morgan fingerprint density at radius 2 is 1.76 bits per heavy atom. The van der Waals surface area contributed by atoms with Crippen molar-refractivity contribution in [2.24, 2.45) is 0 Å². The zero-order valence-electron chi connectivity index (χ0n) is 15.4. The molecule has 0 fully saturated rings. The molecule has 4 nitrogen and oxygen atoms in total. The Bertz CT molecular complexity index is 781. The number of nitrogens with one attached hydrogen (secondary N) is 1. The van der Waals surface area contributed by atoms with Gasteiger partial charge in [0, 0.05) is 6.08 Å². The van der Waals surface area contributed by atoms with Crippen molar-refractivity contribution in [1.29, 1.82) is 0 Å². The molecule has 0 aliphatic rings. The normalized spacial score (nSPS) is 12.0. The topological polar surface area (TPSA) is 47.6 Å². The van der Waals surface area contributed by atoms with Gasteiger partial charge in [0.2, 0.25) is 5.91 Å². The standard InChI is InChI=1S/C21H25NO3/c1-14-6-7-15(2)18(12-14)16(3)22-21(23)11-9-17-8-10-19(24-4)20(13-17)25-5/h6-13,16H,1-5H3,(H,22,23)/b11-9+/t16-/m0/s1. The molecule has 0 unspecified atom stereocenters. The molecular weight excluding hydrogens is 314 g/mol. The van der Waals surface area contributed by atoms with Gasteiger partial charge in [0.15, 0.2) is 11.5 Å². The molecule has 0 aliphatic heterocycles. The van der Waals surface area contributed by atoms with E-state index in [-0.39, 0.29) is 11.9 Å². The number of hydrogen-bond acceptors (Lipinski definition) is 3.